The largest absolute Gasteiger partial charge is 0.508 e. The number of piperazine rings is 1. The van der Waals surface area contributed by atoms with Gasteiger partial charge in [-0.15, -0.1) is 11.3 Å². The maximum atomic E-state index is 13.5. The molecule has 4 aromatic rings. The molecule has 5 rings (SSSR count). The van der Waals surface area contributed by atoms with E-state index in [1.807, 2.05) is 30.3 Å². The number of aliphatic carboxylic acids is 1. The highest BCUT2D eigenvalue weighted by atomic mass is 32.1. The maximum Gasteiger partial charge on any atom is 0.303 e. The smallest absolute Gasteiger partial charge is 0.303 e. The fourth-order valence-corrected chi connectivity index (χ4v) is 5.55. The predicted octanol–water partition coefficient (Wildman–Crippen LogP) is 6.27. The molecule has 222 valence electrons. The highest BCUT2D eigenvalue weighted by Crippen LogP contribution is 2.47. The van der Waals surface area contributed by atoms with Gasteiger partial charge in [0.25, 0.3) is 0 Å². The molecule has 0 unspecified atom stereocenters. The highest BCUT2D eigenvalue weighted by molar-refractivity contribution is 7.22. The number of rotatable bonds is 11. The number of phenolic OH excluding ortho intramolecular Hbond substituents is 1. The van der Waals surface area contributed by atoms with Crippen LogP contribution in [0.4, 0.5) is 4.39 Å². The molecule has 0 amide bonds. The first-order valence-corrected chi connectivity index (χ1v) is 14.6. The van der Waals surface area contributed by atoms with Gasteiger partial charge in [-0.05, 0) is 73.6 Å². The lowest BCUT2D eigenvalue weighted by molar-refractivity contribution is -0.137. The lowest BCUT2D eigenvalue weighted by Gasteiger charge is -2.32. The van der Waals surface area contributed by atoms with E-state index in [0.717, 1.165) is 65.3 Å². The molecule has 3 aromatic carbocycles. The van der Waals surface area contributed by atoms with Crippen molar-refractivity contribution in [2.75, 3.05) is 46.4 Å². The molecule has 42 heavy (non-hydrogen) atoms. The molecule has 0 spiro atoms. The van der Waals surface area contributed by atoms with Gasteiger partial charge in [-0.2, -0.15) is 0 Å². The van der Waals surface area contributed by atoms with Crippen LogP contribution in [0.25, 0.3) is 20.5 Å². The average Bonchev–Trinajstić information content (AvgIpc) is 3.32. The molecular formula is C32H35FN2O6S. The molecule has 2 N–H and O–H groups in total. The number of thiophene rings is 1. The molecule has 0 atom stereocenters. The summed E-state index contributed by atoms with van der Waals surface area (Å²) in [6, 6.07) is 19.2. The van der Waals surface area contributed by atoms with E-state index in [0.29, 0.717) is 30.9 Å². The van der Waals surface area contributed by atoms with Gasteiger partial charge in [0.1, 0.15) is 36.0 Å². The number of fused-ring (bicyclic) bond motifs is 1. The number of carboxylic acids is 1. The first-order valence-electron chi connectivity index (χ1n) is 13.8. The minimum absolute atomic E-state index is 0.0960. The maximum absolute atomic E-state index is 13.5. The van der Waals surface area contributed by atoms with Gasteiger partial charge in [0.15, 0.2) is 5.75 Å². The summed E-state index contributed by atoms with van der Waals surface area (Å²) >= 11 is 1.50. The van der Waals surface area contributed by atoms with Gasteiger partial charge >= 0.3 is 5.97 Å². The summed E-state index contributed by atoms with van der Waals surface area (Å²) in [5.74, 6) is 1.25. The second-order valence-corrected chi connectivity index (χ2v) is 11.0. The molecule has 1 aromatic heterocycles. The quantitative estimate of drug-likeness (QED) is 0.155. The van der Waals surface area contributed by atoms with Crippen LogP contribution < -0.4 is 9.47 Å². The van der Waals surface area contributed by atoms with Crippen molar-refractivity contribution in [1.82, 2.24) is 9.80 Å². The first kappa shape index (κ1) is 31.0. The summed E-state index contributed by atoms with van der Waals surface area (Å²) in [7, 11) is 2.16. The van der Waals surface area contributed by atoms with Crippen molar-refractivity contribution in [2.45, 2.75) is 19.3 Å². The molecule has 8 nitrogen and oxygen atoms in total. The number of carboxylic acid groups (broad SMARTS) is 1. The molecule has 1 fully saturated rings. The number of phenols is 1. The Morgan fingerprint density at radius 1 is 1.00 bits per heavy atom. The zero-order valence-corrected chi connectivity index (χ0v) is 24.3. The first-order chi connectivity index (χ1) is 20.3. The molecule has 1 aliphatic heterocycles. The number of benzene rings is 3. The third kappa shape index (κ3) is 9.01. The van der Waals surface area contributed by atoms with E-state index >= 15 is 0 Å². The SMILES string of the molecule is CN1CCN(CCOc2ccc(Oc3c(-c4ccc(F)cc4)sc4cc(O)ccc34)cc2)CC1.O=CCCCC(=O)O. The second kappa shape index (κ2) is 15.3. The van der Waals surface area contributed by atoms with Gasteiger partial charge in [-0.25, -0.2) is 4.39 Å². The average molecular weight is 595 g/mol. The molecule has 0 radical (unpaired) electrons. The third-order valence-corrected chi connectivity index (χ3v) is 7.95. The van der Waals surface area contributed by atoms with Crippen molar-refractivity contribution in [3.8, 4) is 33.4 Å². The minimum atomic E-state index is -0.841. The third-order valence-electron chi connectivity index (χ3n) is 6.76. The van der Waals surface area contributed by atoms with Gasteiger partial charge < -0.3 is 29.4 Å². The molecule has 2 heterocycles. The summed E-state index contributed by atoms with van der Waals surface area (Å²) < 4.78 is 26.6. The van der Waals surface area contributed by atoms with Crippen LogP contribution in [0.2, 0.25) is 0 Å². The van der Waals surface area contributed by atoms with E-state index in [4.69, 9.17) is 14.6 Å². The summed E-state index contributed by atoms with van der Waals surface area (Å²) in [6.45, 7) is 5.93. The normalized spacial score (nSPS) is 13.8. The lowest BCUT2D eigenvalue weighted by Crippen LogP contribution is -2.45. The van der Waals surface area contributed by atoms with Gasteiger partial charge in [0, 0.05) is 55.7 Å². The minimum Gasteiger partial charge on any atom is -0.508 e. The highest BCUT2D eigenvalue weighted by Gasteiger charge is 2.17. The standard InChI is InChI=1S/C27H27FN2O3S.C5H8O3/c1-29-12-14-30(15-13-29)16-17-32-22-7-9-23(10-8-22)33-26-24-11-6-21(31)18-25(24)34-27(26)19-2-4-20(28)5-3-19;6-4-2-1-3-5(7)8/h2-11,18,31H,12-17H2,1H3;4H,1-3H2,(H,7,8). The molecule has 10 heteroatoms. The molecule has 1 aliphatic rings. The van der Waals surface area contributed by atoms with Gasteiger partial charge in [0.05, 0.1) is 4.88 Å². The zero-order chi connectivity index (χ0) is 29.9. The van der Waals surface area contributed by atoms with Crippen molar-refractivity contribution in [2.24, 2.45) is 0 Å². The van der Waals surface area contributed by atoms with Crippen molar-refractivity contribution >= 4 is 33.7 Å². The number of aldehydes is 1. The van der Waals surface area contributed by atoms with E-state index < -0.39 is 5.97 Å². The Bertz CT molecular complexity index is 1450. The van der Waals surface area contributed by atoms with Crippen LogP contribution in [-0.4, -0.2) is 78.6 Å². The number of carbonyl (C=O) groups excluding carboxylic acids is 1. The summed E-state index contributed by atoms with van der Waals surface area (Å²) in [4.78, 5) is 25.0. The van der Waals surface area contributed by atoms with Crippen LogP contribution in [0.15, 0.2) is 66.7 Å². The van der Waals surface area contributed by atoms with Crippen LogP contribution in [0.1, 0.15) is 19.3 Å². The summed E-state index contributed by atoms with van der Waals surface area (Å²) in [6.07, 6.45) is 1.63. The Hall–Kier alpha value is -3.99. The van der Waals surface area contributed by atoms with Gasteiger partial charge in [0.2, 0.25) is 0 Å². The van der Waals surface area contributed by atoms with Crippen LogP contribution in [0, 0.1) is 5.82 Å². The van der Waals surface area contributed by atoms with E-state index in [-0.39, 0.29) is 18.0 Å². The Balaban J connectivity index is 0.000000446. The zero-order valence-electron chi connectivity index (χ0n) is 23.5. The summed E-state index contributed by atoms with van der Waals surface area (Å²) in [5, 5.41) is 18.8. The molecule has 1 saturated heterocycles. The van der Waals surface area contributed by atoms with Gasteiger partial charge in [-0.1, -0.05) is 12.1 Å². The fourth-order valence-electron chi connectivity index (χ4n) is 4.38. The number of halogens is 1. The molecule has 0 aliphatic carbocycles. The van der Waals surface area contributed by atoms with Gasteiger partial charge in [-0.3, -0.25) is 9.69 Å². The number of likely N-dealkylation sites (N-methyl/N-ethyl adjacent to an activating group) is 1. The molecule has 0 bridgehead atoms. The van der Waals surface area contributed by atoms with E-state index in [2.05, 4.69) is 16.8 Å². The van der Waals surface area contributed by atoms with E-state index in [1.54, 1.807) is 24.3 Å². The number of hydrogen-bond donors (Lipinski definition) is 2. The number of nitrogens with zero attached hydrogens (tertiary/aromatic N) is 2. The van der Waals surface area contributed by atoms with Crippen LogP contribution in [0.5, 0.6) is 23.0 Å². The number of aromatic hydroxyl groups is 1. The number of carbonyl (C=O) groups is 2. The van der Waals surface area contributed by atoms with Crippen LogP contribution in [0.3, 0.4) is 0 Å². The van der Waals surface area contributed by atoms with Crippen molar-refractivity contribution in [1.29, 1.82) is 0 Å². The molecule has 0 saturated carbocycles. The lowest BCUT2D eigenvalue weighted by atomic mass is 10.1. The number of unbranched alkanes of at least 4 members (excludes halogenated alkanes) is 1. The fraction of sp³-hybridized carbons (Fsp3) is 0.312. The van der Waals surface area contributed by atoms with Crippen LogP contribution in [-0.2, 0) is 9.59 Å². The topological polar surface area (TPSA) is 99.5 Å². The Labute approximate surface area is 248 Å². The Kier molecular flexibility index (Phi) is 11.3. The Morgan fingerprint density at radius 2 is 1.69 bits per heavy atom. The Morgan fingerprint density at radius 3 is 2.36 bits per heavy atom. The van der Waals surface area contributed by atoms with Crippen LogP contribution >= 0.6 is 11.3 Å². The monoisotopic (exact) mass is 594 g/mol. The van der Waals surface area contributed by atoms with Crippen molar-refractivity contribution in [3.05, 3.63) is 72.5 Å². The summed E-state index contributed by atoms with van der Waals surface area (Å²) in [5.41, 5.74) is 0.862. The number of ether oxygens (including phenoxy) is 2. The predicted molar refractivity (Wildman–Crippen MR) is 162 cm³/mol. The van der Waals surface area contributed by atoms with E-state index in [1.165, 1.54) is 23.5 Å². The van der Waals surface area contributed by atoms with E-state index in [9.17, 15) is 19.1 Å². The molecular weight excluding hydrogens is 559 g/mol. The second-order valence-electron chi connectivity index (χ2n) is 9.97. The number of hydrogen-bond acceptors (Lipinski definition) is 8. The van der Waals surface area contributed by atoms with Crippen molar-refractivity contribution in [3.63, 3.8) is 0 Å². The van der Waals surface area contributed by atoms with Crippen molar-refractivity contribution < 1.29 is 33.7 Å².